The minimum Gasteiger partial charge on any atom is -0.506 e. The standard InChI is InChI=1S/C15H18N2O4/c18-13-6-10(7-16-8-13)15(21)17-11-1-2-12(17)4-9(3-11)5-14(19)20/h6-9,11-12,18H,1-5H2,(H,19,20). The first kappa shape index (κ1) is 13.9. The molecule has 112 valence electrons. The van der Waals surface area contributed by atoms with Crippen LogP contribution in [0.2, 0.25) is 0 Å². The number of aromatic hydroxyl groups is 1. The second-order valence-electron chi connectivity index (χ2n) is 5.96. The highest BCUT2D eigenvalue weighted by atomic mass is 16.4. The third-order valence-corrected chi connectivity index (χ3v) is 4.50. The van der Waals surface area contributed by atoms with Gasteiger partial charge >= 0.3 is 5.97 Å². The zero-order valence-corrected chi connectivity index (χ0v) is 11.6. The van der Waals surface area contributed by atoms with Gasteiger partial charge in [0.25, 0.3) is 5.91 Å². The zero-order valence-electron chi connectivity index (χ0n) is 11.6. The number of aliphatic carboxylic acids is 1. The van der Waals surface area contributed by atoms with E-state index >= 15 is 0 Å². The maximum Gasteiger partial charge on any atom is 0.303 e. The summed E-state index contributed by atoms with van der Waals surface area (Å²) in [5.41, 5.74) is 0.392. The van der Waals surface area contributed by atoms with Crippen LogP contribution < -0.4 is 0 Å². The van der Waals surface area contributed by atoms with Crippen LogP contribution in [0.15, 0.2) is 18.5 Å². The largest absolute Gasteiger partial charge is 0.506 e. The molecule has 0 radical (unpaired) electrons. The molecule has 6 heteroatoms. The van der Waals surface area contributed by atoms with Crippen molar-refractivity contribution < 1.29 is 19.8 Å². The first-order valence-corrected chi connectivity index (χ1v) is 7.23. The first-order chi connectivity index (χ1) is 10.0. The molecule has 0 saturated carbocycles. The number of carbonyl (C=O) groups excluding carboxylic acids is 1. The Kier molecular flexibility index (Phi) is 3.53. The summed E-state index contributed by atoms with van der Waals surface area (Å²) in [6, 6.07) is 1.66. The van der Waals surface area contributed by atoms with Gasteiger partial charge in [-0.25, -0.2) is 0 Å². The predicted octanol–water partition coefficient (Wildman–Crippen LogP) is 1.65. The number of pyridine rings is 1. The highest BCUT2D eigenvalue weighted by Crippen LogP contribution is 2.40. The fraction of sp³-hybridized carbons (Fsp3) is 0.533. The number of piperidine rings is 1. The van der Waals surface area contributed by atoms with Crippen molar-refractivity contribution in [3.8, 4) is 5.75 Å². The molecule has 2 unspecified atom stereocenters. The summed E-state index contributed by atoms with van der Waals surface area (Å²) in [5, 5.41) is 18.4. The first-order valence-electron chi connectivity index (χ1n) is 7.23. The van der Waals surface area contributed by atoms with Crippen molar-refractivity contribution >= 4 is 11.9 Å². The van der Waals surface area contributed by atoms with E-state index in [0.717, 1.165) is 25.7 Å². The maximum atomic E-state index is 12.6. The summed E-state index contributed by atoms with van der Waals surface area (Å²) in [6.07, 6.45) is 6.30. The molecule has 1 amide bonds. The fourth-order valence-corrected chi connectivity index (χ4v) is 3.73. The van der Waals surface area contributed by atoms with Gasteiger partial charge in [0.1, 0.15) is 5.75 Å². The van der Waals surface area contributed by atoms with Crippen LogP contribution in [0.3, 0.4) is 0 Å². The van der Waals surface area contributed by atoms with E-state index in [9.17, 15) is 14.7 Å². The molecule has 2 aliphatic rings. The zero-order chi connectivity index (χ0) is 15.0. The van der Waals surface area contributed by atoms with E-state index in [0.29, 0.717) is 5.56 Å². The summed E-state index contributed by atoms with van der Waals surface area (Å²) in [4.78, 5) is 29.2. The summed E-state index contributed by atoms with van der Waals surface area (Å²) in [5.74, 6) is -0.739. The Hall–Kier alpha value is -2.11. The smallest absolute Gasteiger partial charge is 0.303 e. The van der Waals surface area contributed by atoms with Gasteiger partial charge in [-0.1, -0.05) is 0 Å². The molecule has 0 spiro atoms. The topological polar surface area (TPSA) is 90.7 Å². The van der Waals surface area contributed by atoms with Gasteiger partial charge in [-0.05, 0) is 37.7 Å². The molecule has 3 rings (SSSR count). The van der Waals surface area contributed by atoms with E-state index in [1.54, 1.807) is 0 Å². The van der Waals surface area contributed by atoms with E-state index < -0.39 is 5.97 Å². The molecule has 2 N–H and O–H groups in total. The van der Waals surface area contributed by atoms with Gasteiger partial charge in [-0.15, -0.1) is 0 Å². The van der Waals surface area contributed by atoms with Crippen LogP contribution in [0.4, 0.5) is 0 Å². The molecule has 1 aromatic heterocycles. The van der Waals surface area contributed by atoms with Crippen molar-refractivity contribution in [2.24, 2.45) is 5.92 Å². The van der Waals surface area contributed by atoms with Crippen LogP contribution in [-0.2, 0) is 4.79 Å². The lowest BCUT2D eigenvalue weighted by Gasteiger charge is -2.38. The lowest BCUT2D eigenvalue weighted by molar-refractivity contribution is -0.138. The van der Waals surface area contributed by atoms with Crippen LogP contribution in [0.5, 0.6) is 5.75 Å². The Balaban J connectivity index is 1.76. The second kappa shape index (κ2) is 5.35. The highest BCUT2D eigenvalue weighted by Gasteiger charge is 2.43. The number of amides is 1. The van der Waals surface area contributed by atoms with Crippen molar-refractivity contribution in [3.63, 3.8) is 0 Å². The predicted molar refractivity (Wildman–Crippen MR) is 73.9 cm³/mol. The number of hydrogen-bond acceptors (Lipinski definition) is 4. The number of carbonyl (C=O) groups is 2. The molecule has 2 atom stereocenters. The van der Waals surface area contributed by atoms with Crippen LogP contribution in [0.1, 0.15) is 42.5 Å². The third-order valence-electron chi connectivity index (χ3n) is 4.50. The van der Waals surface area contributed by atoms with Gasteiger partial charge in [0, 0.05) is 24.7 Å². The van der Waals surface area contributed by atoms with Gasteiger partial charge in [0.2, 0.25) is 0 Å². The van der Waals surface area contributed by atoms with E-state index in [2.05, 4.69) is 4.98 Å². The lowest BCUT2D eigenvalue weighted by atomic mass is 9.88. The molecular weight excluding hydrogens is 272 g/mol. The highest BCUT2D eigenvalue weighted by molar-refractivity contribution is 5.95. The van der Waals surface area contributed by atoms with Crippen LogP contribution >= 0.6 is 0 Å². The Labute approximate surface area is 122 Å². The third kappa shape index (κ3) is 2.70. The number of fused-ring (bicyclic) bond motifs is 2. The summed E-state index contributed by atoms with van der Waals surface area (Å²) in [7, 11) is 0. The Morgan fingerprint density at radius 3 is 2.48 bits per heavy atom. The molecule has 21 heavy (non-hydrogen) atoms. The normalized spacial score (nSPS) is 27.6. The van der Waals surface area contributed by atoms with Gasteiger partial charge < -0.3 is 15.1 Å². The molecule has 1 aromatic rings. The second-order valence-corrected chi connectivity index (χ2v) is 5.96. The fourth-order valence-electron chi connectivity index (χ4n) is 3.73. The number of hydrogen-bond donors (Lipinski definition) is 2. The molecule has 2 aliphatic heterocycles. The SMILES string of the molecule is O=C(O)CC1CC2CCC(C1)N2C(=O)c1cncc(O)c1. The van der Waals surface area contributed by atoms with E-state index in [4.69, 9.17) is 5.11 Å². The number of rotatable bonds is 3. The van der Waals surface area contributed by atoms with Gasteiger partial charge in [-0.3, -0.25) is 14.6 Å². The molecule has 3 heterocycles. The van der Waals surface area contributed by atoms with Crippen LogP contribution in [0, 0.1) is 5.92 Å². The molecular formula is C15H18N2O4. The van der Waals surface area contributed by atoms with Crippen molar-refractivity contribution in [2.45, 2.75) is 44.2 Å². The summed E-state index contributed by atoms with van der Waals surface area (Å²) in [6.45, 7) is 0. The quantitative estimate of drug-likeness (QED) is 0.883. The average Bonchev–Trinajstić information content (AvgIpc) is 2.69. The lowest BCUT2D eigenvalue weighted by Crippen LogP contribution is -2.46. The monoisotopic (exact) mass is 290 g/mol. The van der Waals surface area contributed by atoms with Gasteiger partial charge in [0.05, 0.1) is 11.8 Å². The number of carboxylic acid groups (broad SMARTS) is 1. The number of carboxylic acids is 1. The average molecular weight is 290 g/mol. The minimum atomic E-state index is -0.767. The molecule has 2 fully saturated rings. The minimum absolute atomic E-state index is 0.0195. The van der Waals surface area contributed by atoms with Crippen molar-refractivity contribution in [3.05, 3.63) is 24.0 Å². The Morgan fingerprint density at radius 2 is 1.90 bits per heavy atom. The number of aromatic nitrogens is 1. The molecule has 0 aliphatic carbocycles. The van der Waals surface area contributed by atoms with Gasteiger partial charge in [0.15, 0.2) is 0 Å². The van der Waals surface area contributed by atoms with E-state index in [-0.39, 0.29) is 36.1 Å². The van der Waals surface area contributed by atoms with E-state index in [1.165, 1.54) is 18.5 Å². The summed E-state index contributed by atoms with van der Waals surface area (Å²) < 4.78 is 0. The maximum absolute atomic E-state index is 12.6. The van der Waals surface area contributed by atoms with E-state index in [1.807, 2.05) is 4.90 Å². The van der Waals surface area contributed by atoms with Gasteiger partial charge in [-0.2, -0.15) is 0 Å². The van der Waals surface area contributed by atoms with Crippen molar-refractivity contribution in [1.29, 1.82) is 0 Å². The van der Waals surface area contributed by atoms with Crippen LogP contribution in [0.25, 0.3) is 0 Å². The Morgan fingerprint density at radius 1 is 1.24 bits per heavy atom. The molecule has 0 aromatic carbocycles. The van der Waals surface area contributed by atoms with Crippen LogP contribution in [-0.4, -0.2) is 44.1 Å². The molecule has 2 bridgehead atoms. The van der Waals surface area contributed by atoms with Crippen molar-refractivity contribution in [2.75, 3.05) is 0 Å². The summed E-state index contributed by atoms with van der Waals surface area (Å²) >= 11 is 0. The Bertz CT molecular complexity index is 561. The van der Waals surface area contributed by atoms with Crippen molar-refractivity contribution in [1.82, 2.24) is 9.88 Å². The molecule has 6 nitrogen and oxygen atoms in total. The number of nitrogens with zero attached hydrogens (tertiary/aromatic N) is 2. The molecule has 2 saturated heterocycles.